The van der Waals surface area contributed by atoms with Gasteiger partial charge in [-0.2, -0.15) is 0 Å². The molecule has 1 aromatic rings. The van der Waals surface area contributed by atoms with Gasteiger partial charge in [-0.15, -0.1) is 0 Å². The highest BCUT2D eigenvalue weighted by Crippen LogP contribution is 2.29. The summed E-state index contributed by atoms with van der Waals surface area (Å²) in [5.41, 5.74) is 2.67. The van der Waals surface area contributed by atoms with Gasteiger partial charge in [0.15, 0.2) is 0 Å². The normalized spacial score (nSPS) is 14.6. The number of hydrogen-bond donors (Lipinski definition) is 1. The minimum Gasteiger partial charge on any atom is -0.310 e. The lowest BCUT2D eigenvalue weighted by Crippen LogP contribution is -2.27. The summed E-state index contributed by atoms with van der Waals surface area (Å²) in [7, 11) is 0. The van der Waals surface area contributed by atoms with Gasteiger partial charge in [0, 0.05) is 11.1 Å². The fourth-order valence-corrected chi connectivity index (χ4v) is 2.59. The predicted octanol–water partition coefficient (Wildman–Crippen LogP) is 4.74. The third kappa shape index (κ3) is 4.01. The number of nitrogens with one attached hydrogen (secondary N) is 1. The summed E-state index contributed by atoms with van der Waals surface area (Å²) in [5.74, 6) is 0.636. The SMILES string of the molecule is CCCC(C)C(NCC)c1cc(Cl)ccc1C. The van der Waals surface area contributed by atoms with Gasteiger partial charge in [0.2, 0.25) is 0 Å². The molecule has 0 spiro atoms. The van der Waals surface area contributed by atoms with Gasteiger partial charge in [-0.05, 0) is 49.1 Å². The molecule has 0 saturated carbocycles. The zero-order valence-corrected chi connectivity index (χ0v) is 12.1. The Bertz CT molecular complexity index is 349. The quantitative estimate of drug-likeness (QED) is 0.773. The van der Waals surface area contributed by atoms with Crippen molar-refractivity contribution in [1.29, 1.82) is 0 Å². The zero-order chi connectivity index (χ0) is 12.8. The van der Waals surface area contributed by atoms with Crippen LogP contribution in [0.15, 0.2) is 18.2 Å². The molecular weight excluding hydrogens is 230 g/mol. The average molecular weight is 254 g/mol. The molecule has 2 atom stereocenters. The Hall–Kier alpha value is -0.530. The second-order valence-corrected chi connectivity index (χ2v) is 5.24. The molecule has 1 nitrogen and oxygen atoms in total. The second-order valence-electron chi connectivity index (χ2n) is 4.80. The molecule has 0 aliphatic heterocycles. The van der Waals surface area contributed by atoms with Gasteiger partial charge in [0.05, 0.1) is 0 Å². The monoisotopic (exact) mass is 253 g/mol. The van der Waals surface area contributed by atoms with Crippen LogP contribution in [0.1, 0.15) is 50.8 Å². The number of rotatable bonds is 6. The highest BCUT2D eigenvalue weighted by Gasteiger charge is 2.19. The molecule has 0 aromatic heterocycles. The molecule has 0 saturated heterocycles. The van der Waals surface area contributed by atoms with E-state index in [0.717, 1.165) is 11.6 Å². The van der Waals surface area contributed by atoms with Crippen LogP contribution in [0, 0.1) is 12.8 Å². The fraction of sp³-hybridized carbons (Fsp3) is 0.600. The van der Waals surface area contributed by atoms with E-state index in [1.807, 2.05) is 6.07 Å². The van der Waals surface area contributed by atoms with Gasteiger partial charge >= 0.3 is 0 Å². The Balaban J connectivity index is 2.99. The van der Waals surface area contributed by atoms with Crippen molar-refractivity contribution in [3.8, 4) is 0 Å². The average Bonchev–Trinajstić information content (AvgIpc) is 2.30. The van der Waals surface area contributed by atoms with Crippen LogP contribution >= 0.6 is 11.6 Å². The van der Waals surface area contributed by atoms with Crippen molar-refractivity contribution in [2.24, 2.45) is 5.92 Å². The molecule has 1 rings (SSSR count). The van der Waals surface area contributed by atoms with Crippen molar-refractivity contribution in [2.45, 2.75) is 46.6 Å². The Kier molecular flexibility index (Phi) is 6.01. The van der Waals surface area contributed by atoms with E-state index in [-0.39, 0.29) is 0 Å². The Morgan fingerprint density at radius 1 is 1.29 bits per heavy atom. The molecule has 1 aromatic carbocycles. The van der Waals surface area contributed by atoms with E-state index in [2.05, 4.69) is 45.1 Å². The molecule has 0 aliphatic carbocycles. The summed E-state index contributed by atoms with van der Waals surface area (Å²) in [6.07, 6.45) is 2.46. The smallest absolute Gasteiger partial charge is 0.0409 e. The molecule has 17 heavy (non-hydrogen) atoms. The first-order valence-electron chi connectivity index (χ1n) is 6.59. The standard InChI is InChI=1S/C15H24ClN/c1-5-7-12(4)15(17-6-2)14-10-13(16)9-8-11(14)3/h8-10,12,15,17H,5-7H2,1-4H3. The van der Waals surface area contributed by atoms with Crippen molar-refractivity contribution in [3.63, 3.8) is 0 Å². The van der Waals surface area contributed by atoms with Crippen molar-refractivity contribution in [2.75, 3.05) is 6.54 Å². The molecule has 0 fully saturated rings. The highest BCUT2D eigenvalue weighted by atomic mass is 35.5. The first kappa shape index (κ1) is 14.5. The van der Waals surface area contributed by atoms with Gasteiger partial charge in [-0.25, -0.2) is 0 Å². The summed E-state index contributed by atoms with van der Waals surface area (Å²) in [4.78, 5) is 0. The molecule has 0 amide bonds. The molecule has 0 aliphatic rings. The topological polar surface area (TPSA) is 12.0 Å². The van der Waals surface area contributed by atoms with Crippen molar-refractivity contribution in [3.05, 3.63) is 34.3 Å². The molecule has 2 heteroatoms. The first-order valence-corrected chi connectivity index (χ1v) is 6.97. The molecule has 0 bridgehead atoms. The van der Waals surface area contributed by atoms with Crippen LogP contribution in [0.2, 0.25) is 5.02 Å². The zero-order valence-electron chi connectivity index (χ0n) is 11.4. The van der Waals surface area contributed by atoms with E-state index in [1.165, 1.54) is 24.0 Å². The molecular formula is C15H24ClN. The number of halogens is 1. The van der Waals surface area contributed by atoms with Crippen molar-refractivity contribution in [1.82, 2.24) is 5.32 Å². The van der Waals surface area contributed by atoms with E-state index in [4.69, 9.17) is 11.6 Å². The number of benzene rings is 1. The maximum Gasteiger partial charge on any atom is 0.0409 e. The summed E-state index contributed by atoms with van der Waals surface area (Å²) < 4.78 is 0. The van der Waals surface area contributed by atoms with Crippen LogP contribution in [-0.4, -0.2) is 6.54 Å². The van der Waals surface area contributed by atoms with E-state index >= 15 is 0 Å². The minimum atomic E-state index is 0.415. The molecule has 1 N–H and O–H groups in total. The summed E-state index contributed by atoms with van der Waals surface area (Å²) in [6.45, 7) is 9.87. The van der Waals surface area contributed by atoms with Crippen LogP contribution in [-0.2, 0) is 0 Å². The van der Waals surface area contributed by atoms with Gasteiger partial charge in [-0.3, -0.25) is 0 Å². The number of hydrogen-bond acceptors (Lipinski definition) is 1. The Morgan fingerprint density at radius 2 is 2.00 bits per heavy atom. The first-order chi connectivity index (χ1) is 8.10. The van der Waals surface area contributed by atoms with Crippen LogP contribution in [0.3, 0.4) is 0 Å². The van der Waals surface area contributed by atoms with E-state index in [1.54, 1.807) is 0 Å². The molecule has 2 unspecified atom stereocenters. The fourth-order valence-electron chi connectivity index (χ4n) is 2.41. The molecule has 0 radical (unpaired) electrons. The van der Waals surface area contributed by atoms with Crippen LogP contribution < -0.4 is 5.32 Å². The lowest BCUT2D eigenvalue weighted by Gasteiger charge is -2.26. The van der Waals surface area contributed by atoms with E-state index in [0.29, 0.717) is 12.0 Å². The lowest BCUT2D eigenvalue weighted by molar-refractivity contribution is 0.368. The number of aryl methyl sites for hydroxylation is 1. The van der Waals surface area contributed by atoms with Crippen LogP contribution in [0.25, 0.3) is 0 Å². The van der Waals surface area contributed by atoms with Crippen LogP contribution in [0.5, 0.6) is 0 Å². The minimum absolute atomic E-state index is 0.415. The van der Waals surface area contributed by atoms with Gasteiger partial charge in [0.1, 0.15) is 0 Å². The Labute approximate surface area is 111 Å². The van der Waals surface area contributed by atoms with Gasteiger partial charge in [-0.1, -0.05) is 44.9 Å². The third-order valence-electron chi connectivity index (χ3n) is 3.31. The third-order valence-corrected chi connectivity index (χ3v) is 3.55. The summed E-state index contributed by atoms with van der Waals surface area (Å²) in [5, 5.41) is 4.42. The van der Waals surface area contributed by atoms with E-state index in [9.17, 15) is 0 Å². The summed E-state index contributed by atoms with van der Waals surface area (Å²) >= 11 is 6.12. The van der Waals surface area contributed by atoms with Crippen molar-refractivity contribution >= 4 is 11.6 Å². The van der Waals surface area contributed by atoms with Gasteiger partial charge in [0.25, 0.3) is 0 Å². The predicted molar refractivity (Wildman–Crippen MR) is 76.7 cm³/mol. The molecule has 96 valence electrons. The summed E-state index contributed by atoms with van der Waals surface area (Å²) in [6, 6.07) is 6.60. The van der Waals surface area contributed by atoms with E-state index < -0.39 is 0 Å². The highest BCUT2D eigenvalue weighted by molar-refractivity contribution is 6.30. The van der Waals surface area contributed by atoms with Gasteiger partial charge < -0.3 is 5.32 Å². The van der Waals surface area contributed by atoms with Crippen LogP contribution in [0.4, 0.5) is 0 Å². The Morgan fingerprint density at radius 3 is 2.59 bits per heavy atom. The largest absolute Gasteiger partial charge is 0.310 e. The maximum atomic E-state index is 6.12. The van der Waals surface area contributed by atoms with Crippen molar-refractivity contribution < 1.29 is 0 Å². The lowest BCUT2D eigenvalue weighted by atomic mass is 9.88. The maximum absolute atomic E-state index is 6.12. The second kappa shape index (κ2) is 7.03. The molecule has 0 heterocycles.